The van der Waals surface area contributed by atoms with E-state index in [9.17, 15) is 4.79 Å². The number of nitrogens with two attached hydrogens (primary N) is 1. The number of Topliss-reactive ketones (excluding diaryl/α,β-unsaturated/α-hetero) is 1. The third-order valence-electron chi connectivity index (χ3n) is 3.69. The predicted octanol–water partition coefficient (Wildman–Crippen LogP) is 2.25. The van der Waals surface area contributed by atoms with Crippen molar-refractivity contribution in [1.29, 1.82) is 0 Å². The van der Waals surface area contributed by atoms with Crippen molar-refractivity contribution >= 4 is 5.78 Å². The standard InChI is InChI=1S/C16H26N2O2/c1-5-18(6-2)10-9-15(17)16(19)14-8-7-13(20-4)11-12(14)3/h7-8,11,15H,5-6,9-10,17H2,1-4H3. The molecule has 0 aliphatic carbocycles. The minimum atomic E-state index is -0.442. The molecule has 2 N–H and O–H groups in total. The average molecular weight is 278 g/mol. The molecule has 0 spiro atoms. The van der Waals surface area contributed by atoms with E-state index in [2.05, 4.69) is 18.7 Å². The Bertz CT molecular complexity index is 442. The van der Waals surface area contributed by atoms with E-state index in [1.807, 2.05) is 13.0 Å². The van der Waals surface area contributed by atoms with E-state index in [-0.39, 0.29) is 5.78 Å². The van der Waals surface area contributed by atoms with Crippen molar-refractivity contribution in [2.75, 3.05) is 26.7 Å². The Morgan fingerprint density at radius 3 is 2.50 bits per heavy atom. The summed E-state index contributed by atoms with van der Waals surface area (Å²) in [7, 11) is 1.62. The van der Waals surface area contributed by atoms with Crippen molar-refractivity contribution in [3.05, 3.63) is 29.3 Å². The van der Waals surface area contributed by atoms with Crippen LogP contribution in [0.5, 0.6) is 5.75 Å². The zero-order chi connectivity index (χ0) is 15.1. The van der Waals surface area contributed by atoms with Gasteiger partial charge in [-0.05, 0) is 50.2 Å². The summed E-state index contributed by atoms with van der Waals surface area (Å²) in [6.07, 6.45) is 0.686. The van der Waals surface area contributed by atoms with E-state index in [0.717, 1.165) is 30.9 Å². The van der Waals surface area contributed by atoms with Crippen LogP contribution < -0.4 is 10.5 Å². The molecule has 0 heterocycles. The van der Waals surface area contributed by atoms with Crippen LogP contribution in [0.2, 0.25) is 0 Å². The number of benzene rings is 1. The van der Waals surface area contributed by atoms with Crippen LogP contribution in [-0.2, 0) is 0 Å². The second-order valence-electron chi connectivity index (χ2n) is 4.97. The summed E-state index contributed by atoms with van der Waals surface area (Å²) in [5.74, 6) is 0.771. The van der Waals surface area contributed by atoms with Gasteiger partial charge in [0, 0.05) is 12.1 Å². The number of ether oxygens (including phenoxy) is 1. The lowest BCUT2D eigenvalue weighted by molar-refractivity contribution is 0.0950. The molecular weight excluding hydrogens is 252 g/mol. The van der Waals surface area contributed by atoms with Gasteiger partial charge in [0.15, 0.2) is 5.78 Å². The second-order valence-corrected chi connectivity index (χ2v) is 4.97. The zero-order valence-electron chi connectivity index (χ0n) is 13.0. The third-order valence-corrected chi connectivity index (χ3v) is 3.69. The molecule has 1 aromatic carbocycles. The number of hydrogen-bond acceptors (Lipinski definition) is 4. The molecule has 0 aromatic heterocycles. The number of aryl methyl sites for hydroxylation is 1. The normalized spacial score (nSPS) is 12.5. The number of hydrogen-bond donors (Lipinski definition) is 1. The highest BCUT2D eigenvalue weighted by Crippen LogP contribution is 2.18. The Hall–Kier alpha value is -1.39. The molecule has 0 radical (unpaired) electrons. The molecule has 1 atom stereocenters. The molecule has 0 fully saturated rings. The van der Waals surface area contributed by atoms with Gasteiger partial charge in [0.05, 0.1) is 13.2 Å². The fraction of sp³-hybridized carbons (Fsp3) is 0.562. The fourth-order valence-corrected chi connectivity index (χ4v) is 2.23. The van der Waals surface area contributed by atoms with Crippen LogP contribution >= 0.6 is 0 Å². The summed E-state index contributed by atoms with van der Waals surface area (Å²) >= 11 is 0. The van der Waals surface area contributed by atoms with Gasteiger partial charge in [0.25, 0.3) is 0 Å². The monoisotopic (exact) mass is 278 g/mol. The maximum atomic E-state index is 12.4. The molecule has 1 unspecified atom stereocenters. The first-order valence-electron chi connectivity index (χ1n) is 7.20. The van der Waals surface area contributed by atoms with E-state index in [1.54, 1.807) is 19.2 Å². The lowest BCUT2D eigenvalue weighted by Crippen LogP contribution is -2.36. The first-order chi connectivity index (χ1) is 9.53. The van der Waals surface area contributed by atoms with Crippen molar-refractivity contribution in [2.45, 2.75) is 33.2 Å². The Morgan fingerprint density at radius 1 is 1.35 bits per heavy atom. The van der Waals surface area contributed by atoms with E-state index in [4.69, 9.17) is 10.5 Å². The summed E-state index contributed by atoms with van der Waals surface area (Å²) < 4.78 is 5.15. The smallest absolute Gasteiger partial charge is 0.179 e. The van der Waals surface area contributed by atoms with E-state index in [1.165, 1.54) is 0 Å². The number of carbonyl (C=O) groups is 1. The highest BCUT2D eigenvalue weighted by Gasteiger charge is 2.18. The minimum Gasteiger partial charge on any atom is -0.497 e. The van der Waals surface area contributed by atoms with Crippen LogP contribution in [0.25, 0.3) is 0 Å². The molecule has 4 heteroatoms. The quantitative estimate of drug-likeness (QED) is 0.741. The molecule has 1 rings (SSSR count). The number of methoxy groups -OCH3 is 1. The largest absolute Gasteiger partial charge is 0.497 e. The molecule has 20 heavy (non-hydrogen) atoms. The molecule has 0 aliphatic heterocycles. The summed E-state index contributed by atoms with van der Waals surface area (Å²) in [5.41, 5.74) is 7.64. The highest BCUT2D eigenvalue weighted by atomic mass is 16.5. The SMILES string of the molecule is CCN(CC)CCC(N)C(=O)c1ccc(OC)cc1C. The number of rotatable bonds is 8. The molecule has 0 saturated heterocycles. The fourth-order valence-electron chi connectivity index (χ4n) is 2.23. The number of ketones is 1. The topological polar surface area (TPSA) is 55.6 Å². The zero-order valence-corrected chi connectivity index (χ0v) is 13.0. The van der Waals surface area contributed by atoms with Gasteiger partial charge in [-0.25, -0.2) is 0 Å². The molecule has 4 nitrogen and oxygen atoms in total. The van der Waals surface area contributed by atoms with Crippen molar-refractivity contribution in [1.82, 2.24) is 4.90 Å². The van der Waals surface area contributed by atoms with Crippen molar-refractivity contribution < 1.29 is 9.53 Å². The van der Waals surface area contributed by atoms with Crippen molar-refractivity contribution in [2.24, 2.45) is 5.73 Å². The molecule has 0 aliphatic rings. The maximum absolute atomic E-state index is 12.4. The van der Waals surface area contributed by atoms with E-state index < -0.39 is 6.04 Å². The Kier molecular flexibility index (Phi) is 6.68. The first-order valence-corrected chi connectivity index (χ1v) is 7.20. The molecule has 112 valence electrons. The van der Waals surface area contributed by atoms with Gasteiger partial charge >= 0.3 is 0 Å². The van der Waals surface area contributed by atoms with Crippen LogP contribution in [0.4, 0.5) is 0 Å². The van der Waals surface area contributed by atoms with Gasteiger partial charge in [0.2, 0.25) is 0 Å². The maximum Gasteiger partial charge on any atom is 0.179 e. The van der Waals surface area contributed by atoms with Gasteiger partial charge < -0.3 is 15.4 Å². The average Bonchev–Trinajstić information content (AvgIpc) is 2.47. The first kappa shape index (κ1) is 16.7. The molecular formula is C16H26N2O2. The van der Waals surface area contributed by atoms with Crippen molar-refractivity contribution in [3.63, 3.8) is 0 Å². The summed E-state index contributed by atoms with van der Waals surface area (Å²) in [6, 6.07) is 5.03. The highest BCUT2D eigenvalue weighted by molar-refractivity contribution is 6.01. The molecule has 0 amide bonds. The van der Waals surface area contributed by atoms with Gasteiger partial charge in [-0.15, -0.1) is 0 Å². The Balaban J connectivity index is 2.69. The van der Waals surface area contributed by atoms with Gasteiger partial charge in [-0.2, -0.15) is 0 Å². The Morgan fingerprint density at radius 2 is 2.00 bits per heavy atom. The van der Waals surface area contributed by atoms with Crippen LogP contribution in [0.1, 0.15) is 36.2 Å². The second kappa shape index (κ2) is 8.02. The third kappa shape index (κ3) is 4.32. The predicted molar refractivity (Wildman–Crippen MR) is 82.4 cm³/mol. The molecule has 0 bridgehead atoms. The summed E-state index contributed by atoms with van der Waals surface area (Å²) in [5, 5.41) is 0. The number of nitrogens with zero attached hydrogens (tertiary/aromatic N) is 1. The minimum absolute atomic E-state index is 0.0114. The van der Waals surface area contributed by atoms with Crippen molar-refractivity contribution in [3.8, 4) is 5.75 Å². The summed E-state index contributed by atoms with van der Waals surface area (Å²) in [4.78, 5) is 14.6. The van der Waals surface area contributed by atoms with Gasteiger partial charge in [0.1, 0.15) is 5.75 Å². The van der Waals surface area contributed by atoms with E-state index >= 15 is 0 Å². The van der Waals surface area contributed by atoms with Crippen LogP contribution in [0.3, 0.4) is 0 Å². The summed E-state index contributed by atoms with van der Waals surface area (Å²) in [6.45, 7) is 8.97. The van der Waals surface area contributed by atoms with Crippen LogP contribution in [0.15, 0.2) is 18.2 Å². The Labute approximate surface area is 121 Å². The number of carbonyl (C=O) groups excluding carboxylic acids is 1. The van der Waals surface area contributed by atoms with Crippen LogP contribution in [0, 0.1) is 6.92 Å². The molecule has 1 aromatic rings. The van der Waals surface area contributed by atoms with Gasteiger partial charge in [-0.1, -0.05) is 13.8 Å². The van der Waals surface area contributed by atoms with E-state index in [0.29, 0.717) is 12.0 Å². The lowest BCUT2D eigenvalue weighted by Gasteiger charge is -2.20. The van der Waals surface area contributed by atoms with Crippen LogP contribution in [-0.4, -0.2) is 43.5 Å². The molecule has 0 saturated carbocycles. The lowest BCUT2D eigenvalue weighted by atomic mass is 9.98. The van der Waals surface area contributed by atoms with Gasteiger partial charge in [-0.3, -0.25) is 4.79 Å².